The van der Waals surface area contributed by atoms with Crippen molar-refractivity contribution in [2.45, 2.75) is 39.3 Å². The van der Waals surface area contributed by atoms with E-state index in [9.17, 15) is 9.18 Å². The van der Waals surface area contributed by atoms with Crippen LogP contribution in [0.2, 0.25) is 5.02 Å². The molecule has 1 aliphatic heterocycles. The maximum absolute atomic E-state index is 13.4. The number of halogens is 2. The van der Waals surface area contributed by atoms with Gasteiger partial charge in [-0.1, -0.05) is 31.0 Å². The van der Waals surface area contributed by atoms with Crippen LogP contribution >= 0.6 is 11.6 Å². The van der Waals surface area contributed by atoms with Crippen molar-refractivity contribution in [1.29, 1.82) is 0 Å². The number of rotatable bonds is 7. The van der Waals surface area contributed by atoms with Crippen molar-refractivity contribution < 1.29 is 18.7 Å². The Morgan fingerprint density at radius 2 is 1.93 bits per heavy atom. The molecule has 144 valence electrons. The van der Waals surface area contributed by atoms with E-state index in [1.807, 2.05) is 6.07 Å². The molecule has 4 nitrogen and oxygen atoms in total. The van der Waals surface area contributed by atoms with E-state index in [1.54, 1.807) is 31.3 Å². The average molecular weight is 392 g/mol. The molecule has 2 aromatic carbocycles. The number of unbranched alkanes of at least 4 members (excludes halogenated alkanes) is 1. The molecule has 0 saturated carbocycles. The number of hydrogen-bond donors (Lipinski definition) is 0. The topological polar surface area (TPSA) is 38.8 Å². The smallest absolute Gasteiger partial charge is 0.258 e. The first-order valence-electron chi connectivity index (χ1n) is 9.00. The minimum Gasteiger partial charge on any atom is -0.493 e. The summed E-state index contributed by atoms with van der Waals surface area (Å²) in [5.41, 5.74) is 3.30. The maximum Gasteiger partial charge on any atom is 0.258 e. The van der Waals surface area contributed by atoms with E-state index in [-0.39, 0.29) is 10.9 Å². The zero-order chi connectivity index (χ0) is 19.6. The lowest BCUT2D eigenvalue weighted by Crippen LogP contribution is -2.23. The third kappa shape index (κ3) is 3.74. The molecule has 0 aliphatic carbocycles. The Morgan fingerprint density at radius 3 is 2.56 bits per heavy atom. The van der Waals surface area contributed by atoms with Crippen molar-refractivity contribution in [3.63, 3.8) is 0 Å². The van der Waals surface area contributed by atoms with Gasteiger partial charge in [0, 0.05) is 13.1 Å². The standard InChI is InChI=1S/C21H23ClFNO3/c1-4-5-6-14-10-15-12-24(11-13-7-8-17(23)16(22)9-13)21(25)18(15)20(27-3)19(14)26-2/h7-10H,4-6,11-12H2,1-3H3. The molecule has 0 fully saturated rings. The number of carbonyl (C=O) groups excluding carboxylic acids is 1. The monoisotopic (exact) mass is 391 g/mol. The molecule has 27 heavy (non-hydrogen) atoms. The van der Waals surface area contributed by atoms with Crippen LogP contribution in [0.5, 0.6) is 11.5 Å². The third-order valence-electron chi connectivity index (χ3n) is 4.82. The molecule has 0 radical (unpaired) electrons. The van der Waals surface area contributed by atoms with Crippen molar-refractivity contribution in [2.24, 2.45) is 0 Å². The molecular weight excluding hydrogens is 369 g/mol. The summed E-state index contributed by atoms with van der Waals surface area (Å²) >= 11 is 5.87. The number of hydrogen-bond acceptors (Lipinski definition) is 3. The maximum atomic E-state index is 13.4. The first-order valence-corrected chi connectivity index (χ1v) is 9.37. The quantitative estimate of drug-likeness (QED) is 0.667. The van der Waals surface area contributed by atoms with Crippen LogP contribution in [0.1, 0.15) is 46.8 Å². The molecule has 1 amide bonds. The summed E-state index contributed by atoms with van der Waals surface area (Å²) in [6.45, 7) is 2.96. The van der Waals surface area contributed by atoms with Crippen LogP contribution in [-0.2, 0) is 19.5 Å². The van der Waals surface area contributed by atoms with Crippen LogP contribution in [-0.4, -0.2) is 25.0 Å². The zero-order valence-electron chi connectivity index (χ0n) is 15.8. The van der Waals surface area contributed by atoms with Gasteiger partial charge in [0.2, 0.25) is 0 Å². The number of benzene rings is 2. The van der Waals surface area contributed by atoms with Crippen molar-refractivity contribution in [3.8, 4) is 11.5 Å². The Labute approximate surface area is 163 Å². The predicted octanol–water partition coefficient (Wildman–Crippen LogP) is 4.99. The molecule has 3 rings (SSSR count). The molecule has 0 atom stereocenters. The van der Waals surface area contributed by atoms with Crippen LogP contribution in [0.25, 0.3) is 0 Å². The van der Waals surface area contributed by atoms with Gasteiger partial charge in [-0.2, -0.15) is 0 Å². The first-order chi connectivity index (χ1) is 13.0. The molecular formula is C21H23ClFNO3. The second-order valence-corrected chi connectivity index (χ2v) is 7.06. The molecule has 0 saturated heterocycles. The highest BCUT2D eigenvalue weighted by atomic mass is 35.5. The van der Waals surface area contributed by atoms with Gasteiger partial charge in [-0.15, -0.1) is 0 Å². The van der Waals surface area contributed by atoms with Gasteiger partial charge in [-0.25, -0.2) is 4.39 Å². The van der Waals surface area contributed by atoms with Gasteiger partial charge in [-0.3, -0.25) is 4.79 Å². The second-order valence-electron chi connectivity index (χ2n) is 6.65. The summed E-state index contributed by atoms with van der Waals surface area (Å²) in [5.74, 6) is 0.529. The van der Waals surface area contributed by atoms with E-state index in [0.29, 0.717) is 30.2 Å². The number of nitrogens with zero attached hydrogens (tertiary/aromatic N) is 1. The van der Waals surface area contributed by atoms with Gasteiger partial charge in [0.1, 0.15) is 5.82 Å². The van der Waals surface area contributed by atoms with Gasteiger partial charge in [0.15, 0.2) is 11.5 Å². The number of fused-ring (bicyclic) bond motifs is 1. The first kappa shape index (κ1) is 19.5. The minimum atomic E-state index is -0.469. The summed E-state index contributed by atoms with van der Waals surface area (Å²) in [4.78, 5) is 14.7. The molecule has 0 bridgehead atoms. The van der Waals surface area contributed by atoms with E-state index >= 15 is 0 Å². The highest BCUT2D eigenvalue weighted by molar-refractivity contribution is 6.30. The normalized spacial score (nSPS) is 13.1. The summed E-state index contributed by atoms with van der Waals surface area (Å²) < 4.78 is 24.5. The van der Waals surface area contributed by atoms with E-state index < -0.39 is 5.82 Å². The SMILES string of the molecule is CCCCc1cc2c(c(OC)c1OC)C(=O)N(Cc1ccc(F)c(Cl)c1)C2. The fraction of sp³-hybridized carbons (Fsp3) is 0.381. The van der Waals surface area contributed by atoms with Crippen LogP contribution in [0.3, 0.4) is 0 Å². The summed E-state index contributed by atoms with van der Waals surface area (Å²) in [7, 11) is 3.15. The lowest BCUT2D eigenvalue weighted by atomic mass is 9.99. The number of ether oxygens (including phenoxy) is 2. The van der Waals surface area contributed by atoms with Crippen LogP contribution < -0.4 is 9.47 Å². The van der Waals surface area contributed by atoms with Gasteiger partial charge in [0.25, 0.3) is 5.91 Å². The largest absolute Gasteiger partial charge is 0.493 e. The molecule has 1 heterocycles. The Morgan fingerprint density at radius 1 is 1.19 bits per heavy atom. The number of methoxy groups -OCH3 is 2. The van der Waals surface area contributed by atoms with Crippen LogP contribution in [0, 0.1) is 5.82 Å². The lowest BCUT2D eigenvalue weighted by molar-refractivity contribution is 0.0764. The third-order valence-corrected chi connectivity index (χ3v) is 5.11. The average Bonchev–Trinajstić information content (AvgIpc) is 2.97. The fourth-order valence-electron chi connectivity index (χ4n) is 3.51. The Kier molecular flexibility index (Phi) is 5.90. The van der Waals surface area contributed by atoms with Crippen LogP contribution in [0.4, 0.5) is 4.39 Å². The molecule has 1 aliphatic rings. The number of amides is 1. The Hall–Kier alpha value is -2.27. The van der Waals surface area contributed by atoms with E-state index in [1.165, 1.54) is 6.07 Å². The molecule has 0 aromatic heterocycles. The molecule has 0 spiro atoms. The molecule has 0 N–H and O–H groups in total. The lowest BCUT2D eigenvalue weighted by Gasteiger charge is -2.16. The molecule has 2 aromatic rings. The predicted molar refractivity (Wildman–Crippen MR) is 103 cm³/mol. The van der Waals surface area contributed by atoms with E-state index in [0.717, 1.165) is 36.0 Å². The van der Waals surface area contributed by atoms with Gasteiger partial charge in [-0.05, 0) is 47.7 Å². The van der Waals surface area contributed by atoms with Crippen molar-refractivity contribution in [1.82, 2.24) is 4.90 Å². The molecule has 0 unspecified atom stereocenters. The minimum absolute atomic E-state index is 0.0535. The van der Waals surface area contributed by atoms with E-state index in [4.69, 9.17) is 21.1 Å². The highest BCUT2D eigenvalue weighted by Crippen LogP contribution is 2.42. The van der Waals surface area contributed by atoms with Crippen molar-refractivity contribution in [2.75, 3.05) is 14.2 Å². The van der Waals surface area contributed by atoms with Crippen molar-refractivity contribution >= 4 is 17.5 Å². The summed E-state index contributed by atoms with van der Waals surface area (Å²) in [6.07, 6.45) is 2.97. The number of carbonyl (C=O) groups is 1. The van der Waals surface area contributed by atoms with Gasteiger partial charge >= 0.3 is 0 Å². The van der Waals surface area contributed by atoms with Gasteiger partial charge < -0.3 is 14.4 Å². The summed E-state index contributed by atoms with van der Waals surface area (Å²) in [5, 5.41) is 0.0535. The summed E-state index contributed by atoms with van der Waals surface area (Å²) in [6, 6.07) is 6.55. The fourth-order valence-corrected chi connectivity index (χ4v) is 3.71. The van der Waals surface area contributed by atoms with Crippen LogP contribution in [0.15, 0.2) is 24.3 Å². The zero-order valence-corrected chi connectivity index (χ0v) is 16.5. The Balaban J connectivity index is 1.94. The Bertz CT molecular complexity index is 869. The molecule has 6 heteroatoms. The van der Waals surface area contributed by atoms with E-state index in [2.05, 4.69) is 6.92 Å². The highest BCUT2D eigenvalue weighted by Gasteiger charge is 2.34. The second kappa shape index (κ2) is 8.17. The van der Waals surface area contributed by atoms with Crippen molar-refractivity contribution in [3.05, 3.63) is 57.4 Å². The number of aryl methyl sites for hydroxylation is 1. The van der Waals surface area contributed by atoms with Gasteiger partial charge in [0.05, 0.1) is 24.8 Å².